The molecule has 0 N–H and O–H groups in total. The van der Waals surface area contributed by atoms with E-state index in [1.54, 1.807) is 0 Å². The van der Waals surface area contributed by atoms with Crippen LogP contribution in [0.2, 0.25) is 0 Å². The van der Waals surface area contributed by atoms with Gasteiger partial charge in [-0.15, -0.1) is 0 Å². The number of carbonyl (C=O) groups is 2. The molecule has 1 atom stereocenters. The third-order valence-corrected chi connectivity index (χ3v) is 1.42. The van der Waals surface area contributed by atoms with Crippen molar-refractivity contribution >= 4 is 11.9 Å². The van der Waals surface area contributed by atoms with Crippen LogP contribution in [0.1, 0.15) is 26.2 Å². The van der Waals surface area contributed by atoms with Gasteiger partial charge in [-0.05, 0) is 25.2 Å². The van der Waals surface area contributed by atoms with Gasteiger partial charge in [0.1, 0.15) is 0 Å². The molecule has 4 nitrogen and oxygen atoms in total. The fourth-order valence-electron chi connectivity index (χ4n) is 0.670. The van der Waals surface area contributed by atoms with Crippen LogP contribution in [0.15, 0.2) is 0 Å². The number of aliphatic carboxylic acids is 2. The molecule has 12 heavy (non-hydrogen) atoms. The van der Waals surface area contributed by atoms with Crippen molar-refractivity contribution in [3.63, 3.8) is 0 Å². The summed E-state index contributed by atoms with van der Waals surface area (Å²) in [6.45, 7) is 1.49. The summed E-state index contributed by atoms with van der Waals surface area (Å²) >= 11 is 0. The molecule has 1 unspecified atom stereocenters. The molecule has 0 aromatic rings. The minimum atomic E-state index is -1.14. The second kappa shape index (κ2) is 7.34. The molecule has 0 saturated heterocycles. The van der Waals surface area contributed by atoms with E-state index < -0.39 is 17.9 Å². The molecule has 1 radical (unpaired) electrons. The van der Waals surface area contributed by atoms with Crippen LogP contribution >= 0.6 is 0 Å². The molecule has 0 amide bonds. The molecule has 0 aliphatic rings. The molecule has 0 heterocycles. The average Bonchev–Trinajstić information content (AvgIpc) is 1.86. The Morgan fingerprint density at radius 3 is 2.17 bits per heavy atom. The van der Waals surface area contributed by atoms with E-state index in [1.807, 2.05) is 0 Å². The SMILES string of the molecule is CC(CCCC(=O)[O-])C(=O)[O-].[Ag+2]. The van der Waals surface area contributed by atoms with E-state index in [2.05, 4.69) is 0 Å². The summed E-state index contributed by atoms with van der Waals surface area (Å²) in [7, 11) is 0. The van der Waals surface area contributed by atoms with E-state index in [1.165, 1.54) is 6.92 Å². The Labute approximate surface area is 86.5 Å². The van der Waals surface area contributed by atoms with Gasteiger partial charge in [-0.25, -0.2) is 0 Å². The van der Waals surface area contributed by atoms with Crippen molar-refractivity contribution in [3.8, 4) is 0 Å². The minimum absolute atomic E-state index is 0. The Morgan fingerprint density at radius 1 is 1.33 bits per heavy atom. The van der Waals surface area contributed by atoms with Gasteiger partial charge in [0.2, 0.25) is 0 Å². The zero-order chi connectivity index (χ0) is 8.85. The first-order valence-corrected chi connectivity index (χ1v) is 3.44. The standard InChI is InChI=1S/C7H12O4.Ag/c1-5(7(10)11)3-2-4-6(8)9;/h5H,2-4H2,1H3,(H,8,9)(H,10,11);/q;+2/p-2. The quantitative estimate of drug-likeness (QED) is 0.555. The van der Waals surface area contributed by atoms with Gasteiger partial charge in [0.05, 0.1) is 0 Å². The number of rotatable bonds is 5. The molecule has 0 bridgehead atoms. The summed E-state index contributed by atoms with van der Waals surface area (Å²) in [5.41, 5.74) is 0. The number of hydrogen-bond acceptors (Lipinski definition) is 4. The fraction of sp³-hybridized carbons (Fsp3) is 0.714. The third kappa shape index (κ3) is 7.78. The smallest absolute Gasteiger partial charge is 0.550 e. The maximum Gasteiger partial charge on any atom is 2.00 e. The molecule has 0 saturated carbocycles. The summed E-state index contributed by atoms with van der Waals surface area (Å²) in [4.78, 5) is 20.0. The van der Waals surface area contributed by atoms with Gasteiger partial charge in [-0.2, -0.15) is 0 Å². The summed E-state index contributed by atoms with van der Waals surface area (Å²) in [5.74, 6) is -2.85. The summed E-state index contributed by atoms with van der Waals surface area (Å²) < 4.78 is 0. The van der Waals surface area contributed by atoms with E-state index in [0.717, 1.165) is 0 Å². The summed E-state index contributed by atoms with van der Waals surface area (Å²) in [6, 6.07) is 0. The largest absolute Gasteiger partial charge is 2.00 e. The van der Waals surface area contributed by atoms with Crippen LogP contribution in [-0.2, 0) is 32.0 Å². The van der Waals surface area contributed by atoms with Crippen LogP contribution in [-0.4, -0.2) is 11.9 Å². The van der Waals surface area contributed by atoms with E-state index in [4.69, 9.17) is 0 Å². The Bertz CT molecular complexity index is 157. The molecule has 0 aromatic heterocycles. The van der Waals surface area contributed by atoms with Crippen molar-refractivity contribution in [3.05, 3.63) is 0 Å². The number of carbonyl (C=O) groups excluding carboxylic acids is 2. The van der Waals surface area contributed by atoms with Gasteiger partial charge in [-0.3, -0.25) is 0 Å². The third-order valence-electron chi connectivity index (χ3n) is 1.42. The minimum Gasteiger partial charge on any atom is -0.550 e. The van der Waals surface area contributed by atoms with E-state index in [-0.39, 0.29) is 28.8 Å². The first-order chi connectivity index (χ1) is 5.04. The van der Waals surface area contributed by atoms with Crippen LogP contribution in [0.4, 0.5) is 0 Å². The maximum absolute atomic E-state index is 10.1. The Kier molecular flexibility index (Phi) is 8.69. The Balaban J connectivity index is 0. The van der Waals surface area contributed by atoms with Gasteiger partial charge < -0.3 is 19.8 Å². The van der Waals surface area contributed by atoms with Crippen LogP contribution in [0, 0.1) is 5.92 Å². The van der Waals surface area contributed by atoms with Crippen molar-refractivity contribution < 1.29 is 42.2 Å². The Morgan fingerprint density at radius 2 is 1.83 bits per heavy atom. The number of carboxylic acid groups (broad SMARTS) is 2. The molecule has 0 rings (SSSR count). The van der Waals surface area contributed by atoms with E-state index in [0.29, 0.717) is 12.8 Å². The molecule has 0 aliphatic heterocycles. The molecule has 73 valence electrons. The molecule has 5 heteroatoms. The topological polar surface area (TPSA) is 80.3 Å². The number of hydrogen-bond donors (Lipinski definition) is 0. The van der Waals surface area contributed by atoms with Crippen molar-refractivity contribution in [1.82, 2.24) is 0 Å². The second-order valence-electron chi connectivity index (χ2n) is 2.48. The molecular weight excluding hydrogens is 256 g/mol. The first kappa shape index (κ1) is 14.2. The van der Waals surface area contributed by atoms with Gasteiger partial charge >= 0.3 is 22.4 Å². The van der Waals surface area contributed by atoms with Crippen LogP contribution < -0.4 is 10.2 Å². The Hall–Kier alpha value is -0.320. The van der Waals surface area contributed by atoms with Gasteiger partial charge in [-0.1, -0.05) is 6.92 Å². The predicted octanol–water partition coefficient (Wildman–Crippen LogP) is -1.71. The van der Waals surface area contributed by atoms with Gasteiger partial charge in [0, 0.05) is 11.9 Å². The zero-order valence-electron chi connectivity index (χ0n) is 6.63. The zero-order valence-corrected chi connectivity index (χ0v) is 8.12. The molecule has 0 aromatic carbocycles. The first-order valence-electron chi connectivity index (χ1n) is 3.44. The van der Waals surface area contributed by atoms with Crippen molar-refractivity contribution in [1.29, 1.82) is 0 Å². The molecule has 0 spiro atoms. The van der Waals surface area contributed by atoms with Crippen LogP contribution in [0.3, 0.4) is 0 Å². The predicted molar refractivity (Wildman–Crippen MR) is 33.0 cm³/mol. The summed E-state index contributed by atoms with van der Waals surface area (Å²) in [6.07, 6.45) is 0.575. The monoisotopic (exact) mass is 265 g/mol. The molecule has 0 aliphatic carbocycles. The van der Waals surface area contributed by atoms with Crippen molar-refractivity contribution in [2.75, 3.05) is 0 Å². The van der Waals surface area contributed by atoms with Crippen LogP contribution in [0.5, 0.6) is 0 Å². The summed E-state index contributed by atoms with van der Waals surface area (Å²) in [5, 5.41) is 20.0. The maximum atomic E-state index is 10.1. The van der Waals surface area contributed by atoms with Crippen LogP contribution in [0.25, 0.3) is 0 Å². The van der Waals surface area contributed by atoms with Gasteiger partial charge in [0.15, 0.2) is 0 Å². The average molecular weight is 266 g/mol. The second-order valence-corrected chi connectivity index (χ2v) is 2.48. The van der Waals surface area contributed by atoms with E-state index in [9.17, 15) is 19.8 Å². The normalized spacial score (nSPS) is 11.4. The molecule has 0 fully saturated rings. The number of carboxylic acids is 2. The molecular formula is C7H10AgO4. The van der Waals surface area contributed by atoms with Crippen molar-refractivity contribution in [2.45, 2.75) is 26.2 Å². The van der Waals surface area contributed by atoms with Gasteiger partial charge in [0.25, 0.3) is 0 Å². The van der Waals surface area contributed by atoms with E-state index >= 15 is 0 Å². The van der Waals surface area contributed by atoms with Crippen molar-refractivity contribution in [2.24, 2.45) is 5.92 Å². The fourth-order valence-corrected chi connectivity index (χ4v) is 0.670.